The van der Waals surface area contributed by atoms with Gasteiger partial charge in [-0.15, -0.1) is 0 Å². The molecule has 2 aliphatic carbocycles. The third-order valence-corrected chi connectivity index (χ3v) is 6.43. The summed E-state index contributed by atoms with van der Waals surface area (Å²) in [5.74, 6) is 1.01. The van der Waals surface area contributed by atoms with Crippen LogP contribution in [0, 0.1) is 22.2 Å². The Bertz CT molecular complexity index is 397. The zero-order chi connectivity index (χ0) is 15.9. The maximum absolute atomic E-state index is 12.4. The molecule has 122 valence electrons. The summed E-state index contributed by atoms with van der Waals surface area (Å²) in [5, 5.41) is 3.39. The predicted molar refractivity (Wildman–Crippen MR) is 87.8 cm³/mol. The highest BCUT2D eigenvalue weighted by Crippen LogP contribution is 2.62. The second-order valence-electron chi connectivity index (χ2n) is 9.12. The number of fused-ring (bicyclic) bond motifs is 2. The molecule has 3 N–H and O–H groups in total. The van der Waals surface area contributed by atoms with Gasteiger partial charge >= 0.3 is 0 Å². The van der Waals surface area contributed by atoms with E-state index in [2.05, 4.69) is 39.9 Å². The lowest BCUT2D eigenvalue weighted by Gasteiger charge is -2.43. The summed E-state index contributed by atoms with van der Waals surface area (Å²) in [6.07, 6.45) is 6.41. The van der Waals surface area contributed by atoms with Crippen molar-refractivity contribution in [1.29, 1.82) is 0 Å². The lowest BCUT2D eigenvalue weighted by atomic mass is 9.68. The van der Waals surface area contributed by atoms with Gasteiger partial charge in [0.1, 0.15) is 0 Å². The van der Waals surface area contributed by atoms with Gasteiger partial charge in [-0.05, 0) is 60.8 Å². The van der Waals surface area contributed by atoms with Crippen LogP contribution in [0.15, 0.2) is 0 Å². The average Bonchev–Trinajstić information content (AvgIpc) is 2.83. The minimum absolute atomic E-state index is 0.167. The van der Waals surface area contributed by atoms with Gasteiger partial charge in [0.25, 0.3) is 0 Å². The zero-order valence-corrected chi connectivity index (χ0v) is 14.6. The van der Waals surface area contributed by atoms with Crippen LogP contribution in [0.2, 0.25) is 0 Å². The number of nitrogens with one attached hydrogen (secondary N) is 1. The monoisotopic (exact) mass is 294 g/mol. The fraction of sp³-hybridized carbons (Fsp3) is 0.944. The summed E-state index contributed by atoms with van der Waals surface area (Å²) in [4.78, 5) is 12.4. The molecule has 2 fully saturated rings. The van der Waals surface area contributed by atoms with Crippen molar-refractivity contribution in [3.8, 4) is 0 Å². The molecule has 0 aromatic carbocycles. The molecule has 0 aromatic rings. The van der Waals surface area contributed by atoms with Crippen LogP contribution in [0.3, 0.4) is 0 Å². The highest BCUT2D eigenvalue weighted by molar-refractivity contribution is 5.76. The molecule has 3 heteroatoms. The highest BCUT2D eigenvalue weighted by Gasteiger charge is 2.59. The molecule has 0 radical (unpaired) electrons. The normalized spacial score (nSPS) is 34.2. The van der Waals surface area contributed by atoms with Crippen LogP contribution in [0.1, 0.15) is 73.1 Å². The van der Waals surface area contributed by atoms with E-state index in [1.54, 1.807) is 0 Å². The van der Waals surface area contributed by atoms with E-state index in [1.807, 2.05) is 0 Å². The minimum Gasteiger partial charge on any atom is -0.352 e. The highest BCUT2D eigenvalue weighted by atomic mass is 16.1. The van der Waals surface area contributed by atoms with Crippen molar-refractivity contribution in [3.63, 3.8) is 0 Å². The van der Waals surface area contributed by atoms with Gasteiger partial charge < -0.3 is 11.1 Å². The first-order valence-electron chi connectivity index (χ1n) is 8.60. The van der Waals surface area contributed by atoms with Crippen molar-refractivity contribution in [2.75, 3.05) is 6.54 Å². The van der Waals surface area contributed by atoms with Gasteiger partial charge in [0.2, 0.25) is 5.91 Å². The van der Waals surface area contributed by atoms with E-state index >= 15 is 0 Å². The summed E-state index contributed by atoms with van der Waals surface area (Å²) in [6, 6.07) is 0.342. The quantitative estimate of drug-likeness (QED) is 0.788. The molecule has 0 heterocycles. The van der Waals surface area contributed by atoms with E-state index in [9.17, 15) is 4.79 Å². The Kier molecular flexibility index (Phi) is 4.45. The number of carbonyl (C=O) groups is 1. The van der Waals surface area contributed by atoms with Gasteiger partial charge in [-0.1, -0.05) is 34.6 Å². The molecule has 0 spiro atoms. The molecule has 2 rings (SSSR count). The largest absolute Gasteiger partial charge is 0.352 e. The SMILES string of the molecule is CC(C)(CCN)CCC(=O)NC1C2(C)CCC(C2)C1(C)C. The van der Waals surface area contributed by atoms with E-state index in [1.165, 1.54) is 19.3 Å². The number of nitrogens with two attached hydrogens (primary N) is 1. The third kappa shape index (κ3) is 3.28. The average molecular weight is 294 g/mol. The van der Waals surface area contributed by atoms with Crippen LogP contribution >= 0.6 is 0 Å². The molecule has 2 saturated carbocycles. The fourth-order valence-electron chi connectivity index (χ4n) is 4.86. The zero-order valence-electron chi connectivity index (χ0n) is 14.6. The van der Waals surface area contributed by atoms with Crippen molar-refractivity contribution in [2.24, 2.45) is 27.9 Å². The summed E-state index contributed by atoms with van der Waals surface area (Å²) >= 11 is 0. The smallest absolute Gasteiger partial charge is 0.220 e. The van der Waals surface area contributed by atoms with Crippen LogP contribution in [0.25, 0.3) is 0 Å². The van der Waals surface area contributed by atoms with Gasteiger partial charge in [-0.25, -0.2) is 0 Å². The van der Waals surface area contributed by atoms with E-state index < -0.39 is 0 Å². The Morgan fingerprint density at radius 1 is 1.29 bits per heavy atom. The van der Waals surface area contributed by atoms with Crippen LogP contribution in [0.4, 0.5) is 0 Å². The standard InChI is InChI=1S/C18H34N2O/c1-16(2,10-11-19)8-7-14(21)20-15-17(3,4)13-6-9-18(15,5)12-13/h13,15H,6-12,19H2,1-5H3,(H,20,21). The molecule has 1 amide bonds. The van der Waals surface area contributed by atoms with Crippen molar-refractivity contribution < 1.29 is 4.79 Å². The lowest BCUT2D eigenvalue weighted by Crippen LogP contribution is -2.52. The van der Waals surface area contributed by atoms with Crippen LogP contribution < -0.4 is 11.1 Å². The Morgan fingerprint density at radius 2 is 1.95 bits per heavy atom. The van der Waals surface area contributed by atoms with Crippen LogP contribution in [-0.4, -0.2) is 18.5 Å². The topological polar surface area (TPSA) is 55.1 Å². The molecule has 0 saturated heterocycles. The molecule has 3 nitrogen and oxygen atoms in total. The van der Waals surface area contributed by atoms with Gasteiger partial charge in [0.15, 0.2) is 0 Å². The Labute approximate surface area is 130 Å². The number of hydrogen-bond acceptors (Lipinski definition) is 2. The molecule has 3 atom stereocenters. The van der Waals surface area contributed by atoms with Gasteiger partial charge in [0, 0.05) is 12.5 Å². The molecular formula is C18H34N2O. The van der Waals surface area contributed by atoms with Crippen molar-refractivity contribution >= 4 is 5.91 Å². The minimum atomic E-state index is 0.167. The molecule has 0 aromatic heterocycles. The van der Waals surface area contributed by atoms with Gasteiger partial charge in [-0.3, -0.25) is 4.79 Å². The fourth-order valence-corrected chi connectivity index (χ4v) is 4.86. The van der Waals surface area contributed by atoms with Crippen LogP contribution in [-0.2, 0) is 4.79 Å². The summed E-state index contributed by atoms with van der Waals surface area (Å²) in [7, 11) is 0. The number of hydrogen-bond donors (Lipinski definition) is 2. The van der Waals surface area contributed by atoms with Gasteiger partial charge in [-0.2, -0.15) is 0 Å². The molecule has 21 heavy (non-hydrogen) atoms. The molecular weight excluding hydrogens is 260 g/mol. The third-order valence-electron chi connectivity index (χ3n) is 6.43. The second kappa shape index (κ2) is 5.57. The predicted octanol–water partition coefficient (Wildman–Crippen LogP) is 3.47. The second-order valence-corrected chi connectivity index (χ2v) is 9.12. The van der Waals surface area contributed by atoms with E-state index in [0.29, 0.717) is 24.4 Å². The molecule has 0 aliphatic heterocycles. The van der Waals surface area contributed by atoms with E-state index in [-0.39, 0.29) is 16.7 Å². The molecule has 2 aliphatic rings. The maximum atomic E-state index is 12.4. The first-order valence-corrected chi connectivity index (χ1v) is 8.60. The lowest BCUT2D eigenvalue weighted by molar-refractivity contribution is -0.124. The first kappa shape index (κ1) is 16.8. The summed E-state index contributed by atoms with van der Waals surface area (Å²) in [5.41, 5.74) is 6.37. The van der Waals surface area contributed by atoms with Crippen LogP contribution in [0.5, 0.6) is 0 Å². The van der Waals surface area contributed by atoms with E-state index in [0.717, 1.165) is 18.8 Å². The first-order chi connectivity index (χ1) is 9.61. The van der Waals surface area contributed by atoms with E-state index in [4.69, 9.17) is 5.73 Å². The Balaban J connectivity index is 1.91. The Hall–Kier alpha value is -0.570. The summed E-state index contributed by atoms with van der Waals surface area (Å²) < 4.78 is 0. The molecule has 2 bridgehead atoms. The Morgan fingerprint density at radius 3 is 2.48 bits per heavy atom. The number of carbonyl (C=O) groups excluding carboxylic acids is 1. The van der Waals surface area contributed by atoms with Crippen molar-refractivity contribution in [1.82, 2.24) is 5.32 Å². The van der Waals surface area contributed by atoms with Crippen molar-refractivity contribution in [2.45, 2.75) is 79.2 Å². The summed E-state index contributed by atoms with van der Waals surface area (Å²) in [6.45, 7) is 12.2. The maximum Gasteiger partial charge on any atom is 0.220 e. The van der Waals surface area contributed by atoms with Gasteiger partial charge in [0.05, 0.1) is 0 Å². The number of rotatable bonds is 6. The molecule has 3 unspecified atom stereocenters. The van der Waals surface area contributed by atoms with Crippen molar-refractivity contribution in [3.05, 3.63) is 0 Å². The number of amides is 1.